The molecule has 0 aromatic carbocycles. The molecule has 0 aliphatic carbocycles. The van der Waals surface area contributed by atoms with Gasteiger partial charge in [0.1, 0.15) is 0 Å². The molecule has 0 rings (SSSR count). The molecule has 0 spiro atoms. The fourth-order valence-electron chi connectivity index (χ4n) is 3.38. The van der Waals surface area contributed by atoms with Gasteiger partial charge in [-0.1, -0.05) is 77.0 Å². The second-order valence-corrected chi connectivity index (χ2v) is 8.20. The van der Waals surface area contributed by atoms with Crippen molar-refractivity contribution in [2.24, 2.45) is 22.9 Å². The first-order valence-electron chi connectivity index (χ1n) is 11.5. The molecule has 0 bridgehead atoms. The Labute approximate surface area is 172 Å². The van der Waals surface area contributed by atoms with E-state index in [0.717, 1.165) is 64.2 Å². The van der Waals surface area contributed by atoms with E-state index >= 15 is 0 Å². The van der Waals surface area contributed by atoms with E-state index in [9.17, 15) is 9.59 Å². The van der Waals surface area contributed by atoms with Gasteiger partial charge in [-0.05, 0) is 25.7 Å². The van der Waals surface area contributed by atoms with Crippen LogP contribution in [0.25, 0.3) is 0 Å². The van der Waals surface area contributed by atoms with Crippen LogP contribution in [0, 0.1) is 0 Å². The first-order chi connectivity index (χ1) is 13.4. The van der Waals surface area contributed by atoms with Gasteiger partial charge in [-0.15, -0.1) is 0 Å². The summed E-state index contributed by atoms with van der Waals surface area (Å²) in [6.45, 7) is 0. The van der Waals surface area contributed by atoms with E-state index in [0.29, 0.717) is 12.8 Å². The van der Waals surface area contributed by atoms with Crippen LogP contribution in [-0.4, -0.2) is 23.9 Å². The van der Waals surface area contributed by atoms with Crippen LogP contribution < -0.4 is 22.9 Å². The normalized spacial score (nSPS) is 11.5. The van der Waals surface area contributed by atoms with Gasteiger partial charge in [-0.2, -0.15) is 0 Å². The molecular formula is C22H46N4O2. The monoisotopic (exact) mass is 398 g/mol. The molecule has 0 saturated carbocycles. The maximum Gasteiger partial charge on any atom is 0.198 e. The predicted molar refractivity (Wildman–Crippen MR) is 117 cm³/mol. The molecule has 0 heterocycles. The van der Waals surface area contributed by atoms with Crippen LogP contribution in [0.3, 0.4) is 0 Å². The number of Topliss-reactive ketones (excluding diaryl/α,β-unsaturated/α-hetero) is 2. The number of ketones is 2. The minimum atomic E-state index is -0.185. The molecule has 0 fully saturated rings. The Hall–Kier alpha value is -0.820. The summed E-state index contributed by atoms with van der Waals surface area (Å²) in [5.41, 5.74) is 22.1. The summed E-state index contributed by atoms with van der Waals surface area (Å²) >= 11 is 0. The predicted octanol–water partition coefficient (Wildman–Crippen LogP) is 3.63. The lowest BCUT2D eigenvalue weighted by molar-refractivity contribution is -0.136. The molecule has 6 heteroatoms. The highest BCUT2D eigenvalue weighted by Crippen LogP contribution is 2.12. The third-order valence-corrected chi connectivity index (χ3v) is 5.19. The number of rotatable bonds is 21. The van der Waals surface area contributed by atoms with Crippen molar-refractivity contribution in [1.82, 2.24) is 0 Å². The number of nitrogens with two attached hydrogens (primary N) is 4. The summed E-state index contributed by atoms with van der Waals surface area (Å²) in [4.78, 5) is 23.8. The summed E-state index contributed by atoms with van der Waals surface area (Å²) < 4.78 is 0. The molecule has 0 unspecified atom stereocenters. The molecule has 6 nitrogen and oxygen atoms in total. The van der Waals surface area contributed by atoms with Gasteiger partial charge in [0.05, 0.1) is 12.3 Å². The van der Waals surface area contributed by atoms with E-state index in [1.54, 1.807) is 0 Å². The molecule has 0 atom stereocenters. The Morgan fingerprint density at radius 1 is 0.429 bits per heavy atom. The molecule has 0 radical (unpaired) electrons. The van der Waals surface area contributed by atoms with E-state index in [4.69, 9.17) is 22.9 Å². The van der Waals surface area contributed by atoms with E-state index in [-0.39, 0.29) is 23.9 Å². The van der Waals surface area contributed by atoms with Gasteiger partial charge in [0.2, 0.25) is 0 Å². The van der Waals surface area contributed by atoms with Crippen LogP contribution in [0.5, 0.6) is 0 Å². The van der Waals surface area contributed by atoms with Gasteiger partial charge in [0, 0.05) is 12.8 Å². The quantitative estimate of drug-likeness (QED) is 0.132. The molecule has 8 N–H and O–H groups in total. The lowest BCUT2D eigenvalue weighted by Gasteiger charge is -2.05. The lowest BCUT2D eigenvalue weighted by Crippen LogP contribution is -2.29. The summed E-state index contributed by atoms with van der Waals surface area (Å²) in [5.74, 6) is -0.342. The topological polar surface area (TPSA) is 138 Å². The fraction of sp³-hybridized carbons (Fsp3) is 0.909. The second kappa shape index (κ2) is 19.5. The Bertz CT molecular complexity index is 351. The highest BCUT2D eigenvalue weighted by atomic mass is 16.2. The van der Waals surface area contributed by atoms with Crippen molar-refractivity contribution in [3.63, 3.8) is 0 Å². The summed E-state index contributed by atoms with van der Waals surface area (Å²) in [7, 11) is 0. The van der Waals surface area contributed by atoms with Crippen LogP contribution in [0.15, 0.2) is 0 Å². The smallest absolute Gasteiger partial charge is 0.198 e. The minimum absolute atomic E-state index is 0.171. The van der Waals surface area contributed by atoms with Crippen molar-refractivity contribution in [2.75, 3.05) is 0 Å². The SMILES string of the molecule is NC(N)CCCCCCCCCC(=O)C(=O)CCCCCCCCCC(N)N. The molecule has 28 heavy (non-hydrogen) atoms. The van der Waals surface area contributed by atoms with Gasteiger partial charge in [-0.3, -0.25) is 9.59 Å². The highest BCUT2D eigenvalue weighted by molar-refractivity contribution is 6.37. The molecule has 0 amide bonds. The average Bonchev–Trinajstić information content (AvgIpc) is 2.64. The van der Waals surface area contributed by atoms with E-state index in [2.05, 4.69) is 0 Å². The summed E-state index contributed by atoms with van der Waals surface area (Å²) in [6.07, 6.45) is 17.5. The van der Waals surface area contributed by atoms with Crippen molar-refractivity contribution in [2.45, 2.75) is 128 Å². The summed E-state index contributed by atoms with van der Waals surface area (Å²) in [5, 5.41) is 0. The van der Waals surface area contributed by atoms with Gasteiger partial charge < -0.3 is 22.9 Å². The molecule has 0 saturated heterocycles. The second-order valence-electron chi connectivity index (χ2n) is 8.20. The van der Waals surface area contributed by atoms with Crippen LogP contribution in [0.1, 0.15) is 116 Å². The Balaban J connectivity index is 3.37. The number of hydrogen-bond donors (Lipinski definition) is 4. The molecule has 0 aliphatic rings. The first-order valence-corrected chi connectivity index (χ1v) is 11.5. The van der Waals surface area contributed by atoms with Crippen molar-refractivity contribution in [3.8, 4) is 0 Å². The Morgan fingerprint density at radius 2 is 0.679 bits per heavy atom. The third kappa shape index (κ3) is 19.9. The van der Waals surface area contributed by atoms with Crippen molar-refractivity contribution < 1.29 is 9.59 Å². The van der Waals surface area contributed by atoms with E-state index in [1.165, 1.54) is 38.5 Å². The zero-order valence-corrected chi connectivity index (χ0v) is 18.0. The van der Waals surface area contributed by atoms with E-state index < -0.39 is 0 Å². The molecule has 166 valence electrons. The number of carbonyl (C=O) groups excluding carboxylic acids is 2. The third-order valence-electron chi connectivity index (χ3n) is 5.19. The number of hydrogen-bond acceptors (Lipinski definition) is 6. The van der Waals surface area contributed by atoms with E-state index in [1.807, 2.05) is 0 Å². The Kier molecular flexibility index (Phi) is 18.9. The van der Waals surface area contributed by atoms with Gasteiger partial charge in [0.25, 0.3) is 0 Å². The maximum atomic E-state index is 11.9. The fourth-order valence-corrected chi connectivity index (χ4v) is 3.38. The molecule has 0 aromatic rings. The van der Waals surface area contributed by atoms with Gasteiger partial charge in [-0.25, -0.2) is 0 Å². The standard InChI is InChI=1S/C22H46N4O2/c23-21(24)17-13-9-5-1-3-7-11-15-19(27)20(28)16-12-8-4-2-6-10-14-18-22(25)26/h21-22H,1-18,23-26H2. The average molecular weight is 399 g/mol. The van der Waals surface area contributed by atoms with Crippen LogP contribution >= 0.6 is 0 Å². The summed E-state index contributed by atoms with van der Waals surface area (Å²) in [6, 6.07) is 0. The zero-order chi connectivity index (χ0) is 21.0. The van der Waals surface area contributed by atoms with Crippen molar-refractivity contribution >= 4 is 11.6 Å². The van der Waals surface area contributed by atoms with Crippen LogP contribution in [0.4, 0.5) is 0 Å². The van der Waals surface area contributed by atoms with Crippen molar-refractivity contribution in [1.29, 1.82) is 0 Å². The van der Waals surface area contributed by atoms with Gasteiger partial charge in [0.15, 0.2) is 11.6 Å². The Morgan fingerprint density at radius 3 is 0.964 bits per heavy atom. The molecule has 0 aliphatic heterocycles. The number of carbonyl (C=O) groups is 2. The zero-order valence-electron chi connectivity index (χ0n) is 18.0. The largest absolute Gasteiger partial charge is 0.316 e. The first kappa shape index (κ1) is 27.2. The van der Waals surface area contributed by atoms with Crippen LogP contribution in [0.2, 0.25) is 0 Å². The van der Waals surface area contributed by atoms with Gasteiger partial charge >= 0.3 is 0 Å². The highest BCUT2D eigenvalue weighted by Gasteiger charge is 2.12. The molecule has 0 aromatic heterocycles. The lowest BCUT2D eigenvalue weighted by atomic mass is 10.0. The van der Waals surface area contributed by atoms with Crippen LogP contribution in [-0.2, 0) is 9.59 Å². The van der Waals surface area contributed by atoms with Crippen molar-refractivity contribution in [3.05, 3.63) is 0 Å². The maximum absolute atomic E-state index is 11.9. The minimum Gasteiger partial charge on any atom is -0.316 e. The number of unbranched alkanes of at least 4 members (excludes halogenated alkanes) is 12. The molecular weight excluding hydrogens is 352 g/mol.